The number of phenolic OH excluding ortho intramolecular Hbond substituents is 3. The fourth-order valence-electron chi connectivity index (χ4n) is 13.9. The van der Waals surface area contributed by atoms with Crippen LogP contribution in [0.2, 0.25) is 10.0 Å². The summed E-state index contributed by atoms with van der Waals surface area (Å²) in [6, 6.07) is 5.13. The Labute approximate surface area is 662 Å². The minimum absolute atomic E-state index is 0.126. The Morgan fingerprint density at radius 3 is 1.90 bits per heavy atom. The first-order valence-electron chi connectivity index (χ1n) is 35.8. The predicted octanol–water partition coefficient (Wildman–Crippen LogP) is 2.78. The van der Waals surface area contributed by atoms with Crippen molar-refractivity contribution in [3.63, 3.8) is 0 Å². The third kappa shape index (κ3) is 19.3. The van der Waals surface area contributed by atoms with Gasteiger partial charge in [0.1, 0.15) is 89.5 Å². The lowest BCUT2D eigenvalue weighted by atomic mass is 9.86. The van der Waals surface area contributed by atoms with E-state index in [1.165, 1.54) is 51.2 Å². The zero-order chi connectivity index (χ0) is 83.6. The molecule has 2 fully saturated rings. The number of phenols is 3. The van der Waals surface area contributed by atoms with Crippen LogP contribution in [-0.4, -0.2) is 200 Å². The molecule has 6 aliphatic heterocycles. The maximum absolute atomic E-state index is 15.2. The van der Waals surface area contributed by atoms with Gasteiger partial charge in [0.15, 0.2) is 29.9 Å². The van der Waals surface area contributed by atoms with Crippen LogP contribution in [0.15, 0.2) is 102 Å². The summed E-state index contributed by atoms with van der Waals surface area (Å²) >= 11 is 14.1. The van der Waals surface area contributed by atoms with Crippen molar-refractivity contribution in [2.45, 2.75) is 189 Å². The van der Waals surface area contributed by atoms with E-state index >= 15 is 4.79 Å². The van der Waals surface area contributed by atoms with Crippen molar-refractivity contribution in [1.29, 1.82) is 0 Å². The maximum atomic E-state index is 15.2. The Kier molecular flexibility index (Phi) is 26.8. The molecule has 114 heavy (non-hydrogen) atoms. The molecule has 35 nitrogen and oxygen atoms in total. The smallest absolute Gasteiger partial charge is 0.330 e. The number of rotatable bonds is 16. The van der Waals surface area contributed by atoms with Gasteiger partial charge in [-0.3, -0.25) is 37.7 Å². The van der Waals surface area contributed by atoms with Crippen LogP contribution in [-0.2, 0) is 66.9 Å². The van der Waals surface area contributed by atoms with Gasteiger partial charge in [-0.1, -0.05) is 79.0 Å². The minimum atomic E-state index is -4.68. The highest BCUT2D eigenvalue weighted by molar-refractivity contribution is 7.86. The third-order valence-electron chi connectivity index (χ3n) is 19.6. The van der Waals surface area contributed by atoms with Gasteiger partial charge in [0, 0.05) is 34.7 Å². The standard InChI is InChI=1S/C76H89Cl2N9O26S/c1-30(2)19-44(81-9)69(98)86-58-60(92)37-14-17-48(42(77)23-37)109-50-11-10-12-51(64(50)113-75-65(112-54-28-76(8,80)67(96)35(7)108-54)63(95)62(94)52(111-75)29-107-114(105,106)66-32(4)20-31(3)21-33(66)5)110-49-18-15-38(24-43(49)78)61(93)59-73(102)85-57(74(103)104)41-25-39(88)26-47(90)55(41)40-22-36(13-16-46(40)89)56(71(100)87-59)84-68(97)34(6)82-70(99)45(27-53(79)91)83-72(58)101/h10-18,20-26,30,34-35,44-45,52,54,56-63,65,67,75,81,88-90,92-96H,19,27-29,80H2,1-9H3,(H2,79,91)(H,82,99)(H,83,101)(H,84,97)(H,85,102)(H,86,98)(H,87,100)(H,103,104). The first kappa shape index (κ1) is 86.4. The Morgan fingerprint density at radius 2 is 1.32 bits per heavy atom. The molecule has 6 aromatic carbocycles. The maximum Gasteiger partial charge on any atom is 0.330 e. The number of aliphatic carboxylic acids is 1. The number of halogens is 2. The van der Waals surface area contributed by atoms with Crippen molar-refractivity contribution in [3.8, 4) is 57.1 Å². The largest absolute Gasteiger partial charge is 0.508 e. The van der Waals surface area contributed by atoms with Gasteiger partial charge in [-0.25, -0.2) is 4.79 Å². The number of para-hydroxylation sites is 1. The van der Waals surface area contributed by atoms with Crippen LogP contribution in [0.5, 0.6) is 46.0 Å². The molecule has 0 radical (unpaired) electrons. The molecule has 0 saturated carbocycles. The fourth-order valence-corrected chi connectivity index (χ4v) is 15.7. The number of aromatic hydroxyl groups is 3. The number of likely N-dealkylation sites (N-methyl/N-ethyl adjacent to an activating group) is 1. The van der Waals surface area contributed by atoms with Crippen LogP contribution in [0, 0.1) is 26.7 Å². The number of carboxylic acid groups (broad SMARTS) is 1. The molecule has 0 aliphatic carbocycles. The second-order valence-electron chi connectivity index (χ2n) is 29.0. The molecule has 18 atom stereocenters. The highest BCUT2D eigenvalue weighted by atomic mass is 35.5. The summed E-state index contributed by atoms with van der Waals surface area (Å²) in [7, 11) is -3.22. The van der Waals surface area contributed by atoms with E-state index in [1.54, 1.807) is 46.8 Å². The van der Waals surface area contributed by atoms with Gasteiger partial charge in [-0.05, 0) is 143 Å². The molecule has 20 N–H and O–H groups in total. The van der Waals surface area contributed by atoms with Crippen molar-refractivity contribution in [1.82, 2.24) is 37.2 Å². The van der Waals surface area contributed by atoms with Crippen molar-refractivity contribution >= 4 is 80.6 Å². The lowest BCUT2D eigenvalue weighted by Crippen LogP contribution is -2.64. The molecular formula is C76H89Cl2N9O26S. The molecule has 0 aromatic heterocycles. The molecule has 7 amide bonds. The zero-order valence-electron chi connectivity index (χ0n) is 62.7. The highest BCUT2D eigenvalue weighted by Gasteiger charge is 2.52. The van der Waals surface area contributed by atoms with Crippen LogP contribution in [0.25, 0.3) is 11.1 Å². The number of carbonyl (C=O) groups excluding carboxylic acids is 7. The van der Waals surface area contributed by atoms with Crippen LogP contribution >= 0.6 is 23.2 Å². The number of hydrogen-bond donors (Lipinski definition) is 18. The van der Waals surface area contributed by atoms with Crippen molar-refractivity contribution in [2.75, 3.05) is 13.7 Å². The number of carboxylic acids is 1. The van der Waals surface area contributed by atoms with Crippen LogP contribution in [0.3, 0.4) is 0 Å². The number of nitrogens with one attached hydrogen (secondary N) is 7. The van der Waals surface area contributed by atoms with Crippen LogP contribution in [0.4, 0.5) is 0 Å². The summed E-state index contributed by atoms with van der Waals surface area (Å²) in [6.07, 6.45) is -19.1. The number of aryl methyl sites for hydroxylation is 3. The number of carbonyl (C=O) groups is 8. The monoisotopic (exact) mass is 1650 g/mol. The average molecular weight is 1650 g/mol. The van der Waals surface area contributed by atoms with Gasteiger partial charge in [0.05, 0.1) is 46.2 Å². The number of primary amides is 1. The van der Waals surface area contributed by atoms with Crippen molar-refractivity contribution < 1.29 is 125 Å². The zero-order valence-corrected chi connectivity index (χ0v) is 65.1. The van der Waals surface area contributed by atoms with E-state index in [1.807, 2.05) is 0 Å². The molecule has 0 spiro atoms. The predicted molar refractivity (Wildman–Crippen MR) is 403 cm³/mol. The number of ether oxygens (including phenoxy) is 6. The second-order valence-corrected chi connectivity index (χ2v) is 31.4. The Hall–Kier alpha value is -10.0. The minimum Gasteiger partial charge on any atom is -0.508 e. The first-order valence-corrected chi connectivity index (χ1v) is 38.0. The third-order valence-corrected chi connectivity index (χ3v) is 21.8. The lowest BCUT2D eigenvalue weighted by molar-refractivity contribution is -0.333. The Morgan fingerprint density at radius 1 is 0.711 bits per heavy atom. The molecule has 2 saturated heterocycles. The number of aliphatic hydroxyl groups is 5. The summed E-state index contributed by atoms with van der Waals surface area (Å²) in [5.41, 5.74) is 9.79. The van der Waals surface area contributed by atoms with E-state index in [9.17, 15) is 87.9 Å². The van der Waals surface area contributed by atoms with E-state index in [2.05, 4.69) is 37.2 Å². The molecule has 38 heteroatoms. The summed E-state index contributed by atoms with van der Waals surface area (Å²) in [4.78, 5) is 114. The average Bonchev–Trinajstić information content (AvgIpc) is 0.768. The van der Waals surface area contributed by atoms with Gasteiger partial charge in [-0.2, -0.15) is 8.42 Å². The highest BCUT2D eigenvalue weighted by Crippen LogP contribution is 2.48. The summed E-state index contributed by atoms with van der Waals surface area (Å²) < 4.78 is 72.3. The number of amides is 7. The van der Waals surface area contributed by atoms with Gasteiger partial charge < -0.3 is 123 Å². The molecule has 6 aliphatic rings. The number of aliphatic hydroxyl groups excluding tert-OH is 5. The van der Waals surface area contributed by atoms with Gasteiger partial charge in [0.25, 0.3) is 10.1 Å². The first-order chi connectivity index (χ1) is 53.6. The molecule has 6 heterocycles. The number of fused-ring (bicyclic) bond motifs is 6. The van der Waals surface area contributed by atoms with Crippen LogP contribution < -0.4 is 62.9 Å². The van der Waals surface area contributed by atoms with E-state index in [-0.39, 0.29) is 62.6 Å². The Balaban J connectivity index is 1.14. The molecular weight excluding hydrogens is 1560 g/mol. The molecule has 614 valence electrons. The summed E-state index contributed by atoms with van der Waals surface area (Å²) in [6.45, 7) is 11.6. The molecule has 6 aromatic rings. The molecule has 10 bridgehead atoms. The summed E-state index contributed by atoms with van der Waals surface area (Å²) in [5.74, 6) is -14.9. The van der Waals surface area contributed by atoms with E-state index < -0.39 is 230 Å². The number of hydrogen-bond acceptors (Lipinski definition) is 27. The molecule has 12 rings (SSSR count). The topological polar surface area (TPSA) is 554 Å². The SMILES string of the molecule is CNC(CC(C)C)C(=O)NC1C(=O)NC(CC(N)=O)C(=O)NC(C)C(=O)NC2C(=O)NC(C(=O)NC(C(=O)O)c3cc(O)cc(O)c3-c3cc2ccc3O)C(O)c2ccc(c(Cl)c2)Oc2cccc(c2OC2OC(COS(=O)(=O)c3c(C)cc(C)cc3C)C(O)C(O)C2OC2CC(C)(N)C(O)C(C)O2)Oc2ccc(cc2Cl)C1O. The Bertz CT molecular complexity index is 4800. The normalized spacial score (nSPS) is 27.4. The van der Waals surface area contributed by atoms with Gasteiger partial charge in [0.2, 0.25) is 53.4 Å². The fraction of sp³-hybridized carbons (Fsp3) is 0.421. The van der Waals surface area contributed by atoms with Crippen molar-refractivity contribution in [2.24, 2.45) is 17.4 Å². The van der Waals surface area contributed by atoms with E-state index in [4.69, 9.17) is 67.3 Å². The van der Waals surface area contributed by atoms with Crippen molar-refractivity contribution in [3.05, 3.63) is 146 Å². The van der Waals surface area contributed by atoms with E-state index in [0.29, 0.717) is 11.1 Å². The summed E-state index contributed by atoms with van der Waals surface area (Å²) in [5, 5.41) is 121. The second kappa shape index (κ2) is 35.4. The molecule has 18 unspecified atom stereocenters. The quantitative estimate of drug-likeness (QED) is 0.0619. The van der Waals surface area contributed by atoms with Gasteiger partial charge in [-0.15, -0.1) is 0 Å². The lowest BCUT2D eigenvalue weighted by Gasteiger charge is -2.47. The van der Waals surface area contributed by atoms with Crippen LogP contribution in [0.1, 0.15) is 117 Å². The van der Waals surface area contributed by atoms with Gasteiger partial charge >= 0.3 is 5.97 Å². The van der Waals surface area contributed by atoms with E-state index in [0.717, 1.165) is 67.1 Å². The number of benzene rings is 6. The number of nitrogens with two attached hydrogens (primary N) is 2.